The summed E-state index contributed by atoms with van der Waals surface area (Å²) in [5, 5.41) is 9.40. The second-order valence-electron chi connectivity index (χ2n) is 7.21. The van der Waals surface area contributed by atoms with E-state index in [4.69, 9.17) is 0 Å². The Balaban J connectivity index is 1.66. The normalized spacial score (nSPS) is 20.7. The second kappa shape index (κ2) is 7.60. The largest absolute Gasteiger partial charge is 0.341 e. The van der Waals surface area contributed by atoms with Gasteiger partial charge in [-0.05, 0) is 30.7 Å². The molecular weight excluding hydrogens is 332 g/mol. The van der Waals surface area contributed by atoms with Crippen LogP contribution in [0.15, 0.2) is 29.4 Å². The monoisotopic (exact) mass is 358 g/mol. The van der Waals surface area contributed by atoms with Crippen LogP contribution in [0.2, 0.25) is 0 Å². The van der Waals surface area contributed by atoms with E-state index in [9.17, 15) is 4.79 Å². The first kappa shape index (κ1) is 18.0. The van der Waals surface area contributed by atoms with E-state index in [1.807, 2.05) is 28.6 Å². The number of rotatable bonds is 4. The summed E-state index contributed by atoms with van der Waals surface area (Å²) in [5.74, 6) is 2.62. The zero-order valence-corrected chi connectivity index (χ0v) is 16.2. The number of amides is 1. The van der Waals surface area contributed by atoms with Gasteiger partial charge >= 0.3 is 0 Å². The van der Waals surface area contributed by atoms with E-state index in [2.05, 4.69) is 43.1 Å². The summed E-state index contributed by atoms with van der Waals surface area (Å²) in [6.07, 6.45) is 1.21. The Morgan fingerprint density at radius 1 is 1.20 bits per heavy atom. The van der Waals surface area contributed by atoms with Gasteiger partial charge in [0.25, 0.3) is 0 Å². The minimum atomic E-state index is 0.198. The number of aryl methyl sites for hydroxylation is 1. The van der Waals surface area contributed by atoms with Crippen LogP contribution < -0.4 is 0 Å². The highest BCUT2D eigenvalue weighted by atomic mass is 32.2. The molecule has 1 saturated heterocycles. The summed E-state index contributed by atoms with van der Waals surface area (Å²) in [7, 11) is 1.96. The predicted molar refractivity (Wildman–Crippen MR) is 101 cm³/mol. The maximum atomic E-state index is 12.6. The molecule has 1 aromatic heterocycles. The van der Waals surface area contributed by atoms with E-state index < -0.39 is 0 Å². The molecule has 5 nitrogen and oxygen atoms in total. The maximum absolute atomic E-state index is 12.6. The molecule has 2 aromatic rings. The SMILES string of the molecule is Cc1ccccc1-c1nnc(SCC(=O)N2C[C@H](C)C[C@@H](C)C2)n1C. The van der Waals surface area contributed by atoms with E-state index in [-0.39, 0.29) is 5.91 Å². The number of aromatic nitrogens is 3. The molecule has 1 aliphatic heterocycles. The van der Waals surface area contributed by atoms with Crippen molar-refractivity contribution in [2.24, 2.45) is 18.9 Å². The molecule has 1 fully saturated rings. The molecule has 25 heavy (non-hydrogen) atoms. The van der Waals surface area contributed by atoms with Gasteiger partial charge in [-0.15, -0.1) is 10.2 Å². The number of benzene rings is 1. The summed E-state index contributed by atoms with van der Waals surface area (Å²) in [4.78, 5) is 14.6. The van der Waals surface area contributed by atoms with E-state index in [1.165, 1.54) is 23.7 Å². The molecule has 2 heterocycles. The molecule has 2 atom stereocenters. The van der Waals surface area contributed by atoms with Gasteiger partial charge in [0.2, 0.25) is 5.91 Å². The van der Waals surface area contributed by atoms with E-state index in [0.717, 1.165) is 29.6 Å². The van der Waals surface area contributed by atoms with Crippen LogP contribution >= 0.6 is 11.8 Å². The topological polar surface area (TPSA) is 51.0 Å². The van der Waals surface area contributed by atoms with Crippen LogP contribution in [0.5, 0.6) is 0 Å². The second-order valence-corrected chi connectivity index (χ2v) is 8.16. The number of piperidine rings is 1. The van der Waals surface area contributed by atoms with E-state index in [1.54, 1.807) is 0 Å². The minimum absolute atomic E-state index is 0.198. The molecule has 6 heteroatoms. The van der Waals surface area contributed by atoms with Gasteiger partial charge < -0.3 is 9.47 Å². The van der Waals surface area contributed by atoms with Crippen molar-refractivity contribution in [2.75, 3.05) is 18.8 Å². The van der Waals surface area contributed by atoms with Crippen molar-refractivity contribution in [3.63, 3.8) is 0 Å². The number of thioether (sulfide) groups is 1. The Kier molecular flexibility index (Phi) is 5.47. The average Bonchev–Trinajstić information content (AvgIpc) is 2.93. The number of likely N-dealkylation sites (tertiary alicyclic amines) is 1. The number of hydrogen-bond donors (Lipinski definition) is 0. The van der Waals surface area contributed by atoms with Gasteiger partial charge in [-0.3, -0.25) is 4.79 Å². The van der Waals surface area contributed by atoms with Gasteiger partial charge in [0, 0.05) is 25.7 Å². The fourth-order valence-corrected chi connectivity index (χ4v) is 4.40. The lowest BCUT2D eigenvalue weighted by Gasteiger charge is -2.34. The van der Waals surface area contributed by atoms with Crippen molar-refractivity contribution in [3.05, 3.63) is 29.8 Å². The summed E-state index contributed by atoms with van der Waals surface area (Å²) in [5.41, 5.74) is 2.25. The Morgan fingerprint density at radius 3 is 2.56 bits per heavy atom. The molecule has 0 aliphatic carbocycles. The third kappa shape index (κ3) is 4.06. The van der Waals surface area contributed by atoms with Crippen LogP contribution in [-0.2, 0) is 11.8 Å². The summed E-state index contributed by atoms with van der Waals surface area (Å²) in [6.45, 7) is 8.26. The summed E-state index contributed by atoms with van der Waals surface area (Å²) in [6, 6.07) is 8.14. The molecule has 3 rings (SSSR count). The molecule has 0 spiro atoms. The minimum Gasteiger partial charge on any atom is -0.341 e. The smallest absolute Gasteiger partial charge is 0.233 e. The number of nitrogens with zero attached hydrogens (tertiary/aromatic N) is 4. The van der Waals surface area contributed by atoms with Crippen LogP contribution in [0.4, 0.5) is 0 Å². The highest BCUT2D eigenvalue weighted by molar-refractivity contribution is 7.99. The average molecular weight is 359 g/mol. The summed E-state index contributed by atoms with van der Waals surface area (Å²) >= 11 is 1.47. The highest BCUT2D eigenvalue weighted by Gasteiger charge is 2.25. The van der Waals surface area contributed by atoms with Crippen LogP contribution in [0.3, 0.4) is 0 Å². The van der Waals surface area contributed by atoms with Gasteiger partial charge in [0.15, 0.2) is 11.0 Å². The lowest BCUT2D eigenvalue weighted by molar-refractivity contribution is -0.130. The van der Waals surface area contributed by atoms with Gasteiger partial charge in [0.05, 0.1) is 5.75 Å². The zero-order chi connectivity index (χ0) is 18.0. The van der Waals surface area contributed by atoms with Gasteiger partial charge in [-0.1, -0.05) is 49.9 Å². The molecule has 0 N–H and O–H groups in total. The Bertz CT molecular complexity index is 748. The first-order valence-corrected chi connectivity index (χ1v) is 9.80. The van der Waals surface area contributed by atoms with Gasteiger partial charge in [-0.2, -0.15) is 0 Å². The fraction of sp³-hybridized carbons (Fsp3) is 0.526. The Morgan fingerprint density at radius 2 is 1.88 bits per heavy atom. The molecule has 1 aromatic carbocycles. The Hall–Kier alpha value is -1.82. The quantitative estimate of drug-likeness (QED) is 0.786. The summed E-state index contributed by atoms with van der Waals surface area (Å²) < 4.78 is 1.97. The molecular formula is C19H26N4OS. The molecule has 1 aliphatic rings. The van der Waals surface area contributed by atoms with Crippen molar-refractivity contribution in [1.82, 2.24) is 19.7 Å². The van der Waals surface area contributed by atoms with Crippen molar-refractivity contribution >= 4 is 17.7 Å². The van der Waals surface area contributed by atoms with E-state index >= 15 is 0 Å². The number of hydrogen-bond acceptors (Lipinski definition) is 4. The third-order valence-corrected chi connectivity index (χ3v) is 5.77. The predicted octanol–water partition coefficient (Wildman–Crippen LogP) is 3.39. The van der Waals surface area contributed by atoms with Crippen LogP contribution in [0, 0.1) is 18.8 Å². The Labute approximate surface area is 153 Å². The standard InChI is InChI=1S/C19H26N4OS/c1-13-9-14(2)11-23(10-13)17(24)12-25-19-21-20-18(22(19)4)16-8-6-5-7-15(16)3/h5-8,13-14H,9-12H2,1-4H3/t13-,14-/m1/s1. The van der Waals surface area contributed by atoms with Crippen molar-refractivity contribution < 1.29 is 4.79 Å². The first-order valence-electron chi connectivity index (χ1n) is 8.81. The first-order chi connectivity index (χ1) is 12.0. The lowest BCUT2D eigenvalue weighted by Crippen LogP contribution is -2.43. The van der Waals surface area contributed by atoms with Crippen LogP contribution in [0.25, 0.3) is 11.4 Å². The molecule has 0 bridgehead atoms. The zero-order valence-electron chi connectivity index (χ0n) is 15.4. The van der Waals surface area contributed by atoms with Crippen LogP contribution in [0.1, 0.15) is 25.8 Å². The number of carbonyl (C=O) groups excluding carboxylic acids is 1. The molecule has 1 amide bonds. The molecule has 0 saturated carbocycles. The molecule has 134 valence electrons. The van der Waals surface area contributed by atoms with Gasteiger partial charge in [-0.25, -0.2) is 0 Å². The fourth-order valence-electron chi connectivity index (χ4n) is 3.58. The van der Waals surface area contributed by atoms with Crippen molar-refractivity contribution in [2.45, 2.75) is 32.3 Å². The van der Waals surface area contributed by atoms with Crippen LogP contribution in [-0.4, -0.2) is 44.4 Å². The maximum Gasteiger partial charge on any atom is 0.233 e. The van der Waals surface area contributed by atoms with Crippen molar-refractivity contribution in [3.8, 4) is 11.4 Å². The van der Waals surface area contributed by atoms with E-state index in [0.29, 0.717) is 17.6 Å². The third-order valence-electron chi connectivity index (χ3n) is 4.77. The van der Waals surface area contributed by atoms with Gasteiger partial charge in [0.1, 0.15) is 0 Å². The molecule has 0 unspecified atom stereocenters. The lowest BCUT2D eigenvalue weighted by atomic mass is 9.92. The van der Waals surface area contributed by atoms with Crippen molar-refractivity contribution in [1.29, 1.82) is 0 Å². The molecule has 0 radical (unpaired) electrons. The number of carbonyl (C=O) groups is 1. The highest BCUT2D eigenvalue weighted by Crippen LogP contribution is 2.26.